The average Bonchev–Trinajstić information content (AvgIpc) is 3.97. The van der Waals surface area contributed by atoms with Crippen molar-refractivity contribution in [2.45, 2.75) is 50.5 Å². The molecule has 8 rings (SSSR count). The molecule has 45 heavy (non-hydrogen) atoms. The van der Waals surface area contributed by atoms with Crippen molar-refractivity contribution in [3.05, 3.63) is 75.6 Å². The number of carbonyl (C=O) groups is 2. The zero-order valence-corrected chi connectivity index (χ0v) is 26.8. The Morgan fingerprint density at radius 3 is 2.73 bits per heavy atom. The molecule has 0 spiro atoms. The zero-order valence-electron chi connectivity index (χ0n) is 25.2. The van der Waals surface area contributed by atoms with Crippen molar-refractivity contribution in [3.63, 3.8) is 0 Å². The van der Waals surface area contributed by atoms with Crippen molar-refractivity contribution < 1.29 is 18.7 Å². The number of fused-ring (bicyclic) bond motifs is 3. The largest absolute Gasteiger partial charge is 0.490 e. The van der Waals surface area contributed by atoms with E-state index in [2.05, 4.69) is 29.1 Å². The standard InChI is InChI=1S/C32H28ClFN4O2S.CH5N.CH2O/c1-16-14-40-30-22(16)11-27(36-29(30)24-15-41-31-21(24)3-2-4-26(31)34)23(17-5-6-17)12-35-32(39)18-9-19-13-38(20-7-8-20)37-28(19)25(33)10-18;2*1-2/h2-4,9-11,13,15-17,20,23H,5-8,12,14H2,1H3,(H,35,39);2H2,1H3;1H2. The van der Waals surface area contributed by atoms with Crippen LogP contribution in [0.3, 0.4) is 0 Å². The molecule has 234 valence electrons. The van der Waals surface area contributed by atoms with Crippen LogP contribution < -0.4 is 15.8 Å². The van der Waals surface area contributed by atoms with E-state index >= 15 is 0 Å². The number of pyridine rings is 1. The van der Waals surface area contributed by atoms with Gasteiger partial charge < -0.3 is 20.6 Å². The highest BCUT2D eigenvalue weighted by Gasteiger charge is 2.36. The van der Waals surface area contributed by atoms with Gasteiger partial charge in [-0.2, -0.15) is 5.10 Å². The van der Waals surface area contributed by atoms with E-state index in [0.29, 0.717) is 40.4 Å². The van der Waals surface area contributed by atoms with E-state index in [4.69, 9.17) is 26.1 Å². The van der Waals surface area contributed by atoms with Crippen molar-refractivity contribution in [1.29, 1.82) is 0 Å². The van der Waals surface area contributed by atoms with Crippen LogP contribution in [0.1, 0.15) is 72.1 Å². The van der Waals surface area contributed by atoms with Crippen molar-refractivity contribution in [3.8, 4) is 17.0 Å². The number of nitrogens with two attached hydrogens (primary N) is 1. The van der Waals surface area contributed by atoms with Gasteiger partial charge in [-0.25, -0.2) is 9.37 Å². The predicted octanol–water partition coefficient (Wildman–Crippen LogP) is 7.25. The fourth-order valence-corrected chi connectivity index (χ4v) is 7.28. The van der Waals surface area contributed by atoms with Crippen molar-refractivity contribution in [1.82, 2.24) is 20.1 Å². The maximum atomic E-state index is 14.5. The molecule has 2 fully saturated rings. The van der Waals surface area contributed by atoms with Gasteiger partial charge in [-0.05, 0) is 62.9 Å². The fourth-order valence-electron chi connectivity index (χ4n) is 6.05. The summed E-state index contributed by atoms with van der Waals surface area (Å²) in [6, 6.07) is 11.4. The first-order chi connectivity index (χ1) is 21.9. The Labute approximate surface area is 269 Å². The number of nitrogens with one attached hydrogen (secondary N) is 1. The van der Waals surface area contributed by atoms with Crippen molar-refractivity contribution in [2.75, 3.05) is 20.2 Å². The smallest absolute Gasteiger partial charge is 0.251 e. The highest BCUT2D eigenvalue weighted by Crippen LogP contribution is 2.48. The first-order valence-electron chi connectivity index (χ1n) is 15.1. The van der Waals surface area contributed by atoms with Gasteiger partial charge in [0.15, 0.2) is 0 Å². The lowest BCUT2D eigenvalue weighted by molar-refractivity contribution is -0.0980. The third-order valence-corrected chi connectivity index (χ3v) is 9.95. The summed E-state index contributed by atoms with van der Waals surface area (Å²) in [5.74, 6) is 1.15. The number of hydrogen-bond acceptors (Lipinski definition) is 7. The summed E-state index contributed by atoms with van der Waals surface area (Å²) in [6.45, 7) is 5.22. The molecule has 2 aliphatic carbocycles. The SMILES string of the molecule is C=O.CC1COc2c1cc(C(CNC(=O)c1cc(Cl)c3nn(C4CC4)cc3c1)C1CC1)nc2-c1csc2c(F)cccc12.CN. The van der Waals surface area contributed by atoms with Gasteiger partial charge in [0.1, 0.15) is 29.6 Å². The van der Waals surface area contributed by atoms with Crippen LogP contribution in [-0.4, -0.2) is 47.7 Å². The molecular weight excluding hydrogens is 613 g/mol. The third kappa shape index (κ3) is 5.94. The Balaban J connectivity index is 0.000000860. The summed E-state index contributed by atoms with van der Waals surface area (Å²) in [5.41, 5.74) is 9.50. The van der Waals surface area contributed by atoms with Gasteiger partial charge in [0, 0.05) is 63.1 Å². The molecule has 4 heterocycles. The number of hydrogen-bond donors (Lipinski definition) is 2. The van der Waals surface area contributed by atoms with Crippen molar-refractivity contribution >= 4 is 56.6 Å². The molecule has 0 bridgehead atoms. The van der Waals surface area contributed by atoms with Crippen LogP contribution in [0.25, 0.3) is 32.2 Å². The molecule has 0 radical (unpaired) electrons. The van der Waals surface area contributed by atoms with Crippen LogP contribution in [0, 0.1) is 11.7 Å². The molecule has 2 atom stereocenters. The number of aromatic nitrogens is 3. The molecule has 3 aliphatic rings. The molecular formula is C34H35ClFN5O3S. The molecule has 3 aromatic heterocycles. The molecule has 2 saturated carbocycles. The van der Waals surface area contributed by atoms with Gasteiger partial charge in [-0.3, -0.25) is 9.48 Å². The number of ether oxygens (including phenoxy) is 1. The molecule has 2 unspecified atom stereocenters. The first kappa shape index (κ1) is 31.1. The lowest BCUT2D eigenvalue weighted by Gasteiger charge is -2.20. The number of carbonyl (C=O) groups excluding carboxylic acids is 2. The van der Waals surface area contributed by atoms with E-state index in [1.54, 1.807) is 12.1 Å². The lowest BCUT2D eigenvalue weighted by Crippen LogP contribution is -2.29. The van der Waals surface area contributed by atoms with Crippen LogP contribution in [0.4, 0.5) is 4.39 Å². The molecule has 5 aromatic rings. The van der Waals surface area contributed by atoms with E-state index in [1.165, 1.54) is 24.5 Å². The van der Waals surface area contributed by atoms with E-state index in [0.717, 1.165) is 70.2 Å². The minimum Gasteiger partial charge on any atom is -0.490 e. The Bertz CT molecular complexity index is 1880. The second kappa shape index (κ2) is 12.9. The lowest BCUT2D eigenvalue weighted by atomic mass is 9.93. The quantitative estimate of drug-likeness (QED) is 0.192. The first-order valence-corrected chi connectivity index (χ1v) is 16.4. The number of rotatable bonds is 7. The fraction of sp³-hybridized carbons (Fsp3) is 0.353. The second-order valence-corrected chi connectivity index (χ2v) is 13.0. The summed E-state index contributed by atoms with van der Waals surface area (Å²) >= 11 is 7.94. The summed E-state index contributed by atoms with van der Waals surface area (Å²) in [6.07, 6.45) is 6.45. The molecule has 1 amide bonds. The average molecular weight is 648 g/mol. The Hall–Kier alpha value is -3.86. The van der Waals surface area contributed by atoms with E-state index in [-0.39, 0.29) is 23.6 Å². The van der Waals surface area contributed by atoms with Gasteiger partial charge in [-0.1, -0.05) is 30.7 Å². The molecule has 1 aliphatic heterocycles. The Morgan fingerprint density at radius 1 is 1.22 bits per heavy atom. The van der Waals surface area contributed by atoms with Gasteiger partial charge in [0.2, 0.25) is 0 Å². The van der Waals surface area contributed by atoms with Crippen LogP contribution >= 0.6 is 22.9 Å². The predicted molar refractivity (Wildman–Crippen MR) is 177 cm³/mol. The number of benzene rings is 2. The van der Waals surface area contributed by atoms with Crippen LogP contribution in [0.2, 0.25) is 5.02 Å². The summed E-state index contributed by atoms with van der Waals surface area (Å²) < 4.78 is 23.3. The van der Waals surface area contributed by atoms with E-state index < -0.39 is 0 Å². The van der Waals surface area contributed by atoms with Crippen LogP contribution in [0.15, 0.2) is 48.0 Å². The maximum Gasteiger partial charge on any atom is 0.251 e. The van der Waals surface area contributed by atoms with E-state index in [1.807, 2.05) is 35.2 Å². The second-order valence-electron chi connectivity index (χ2n) is 11.7. The van der Waals surface area contributed by atoms with Crippen LogP contribution in [-0.2, 0) is 4.79 Å². The summed E-state index contributed by atoms with van der Waals surface area (Å²) in [7, 11) is 1.50. The maximum absolute atomic E-state index is 14.5. The van der Waals surface area contributed by atoms with Gasteiger partial charge in [0.05, 0.1) is 22.4 Å². The van der Waals surface area contributed by atoms with Crippen molar-refractivity contribution in [2.24, 2.45) is 11.7 Å². The third-order valence-electron chi connectivity index (χ3n) is 8.65. The number of thiophene rings is 1. The zero-order chi connectivity index (χ0) is 31.8. The van der Waals surface area contributed by atoms with Crippen LogP contribution in [0.5, 0.6) is 5.75 Å². The van der Waals surface area contributed by atoms with Gasteiger partial charge in [-0.15, -0.1) is 11.3 Å². The molecule has 8 nitrogen and oxygen atoms in total. The summed E-state index contributed by atoms with van der Waals surface area (Å²) in [4.78, 5) is 26.5. The number of amides is 1. The van der Waals surface area contributed by atoms with Gasteiger partial charge in [0.25, 0.3) is 5.91 Å². The van der Waals surface area contributed by atoms with E-state index in [9.17, 15) is 9.18 Å². The highest BCUT2D eigenvalue weighted by atomic mass is 35.5. The normalized spacial score (nSPS) is 17.5. The Morgan fingerprint density at radius 2 is 2.00 bits per heavy atom. The molecule has 0 saturated heterocycles. The van der Waals surface area contributed by atoms with Gasteiger partial charge >= 0.3 is 0 Å². The molecule has 2 aromatic carbocycles. The number of nitrogens with zero attached hydrogens (tertiary/aromatic N) is 3. The monoisotopic (exact) mass is 647 g/mol. The number of halogens is 2. The Kier molecular flexibility index (Phi) is 8.90. The summed E-state index contributed by atoms with van der Waals surface area (Å²) in [5, 5.41) is 12.0. The molecule has 3 N–H and O–H groups in total. The minimum absolute atomic E-state index is 0.0641. The molecule has 11 heteroatoms. The topological polar surface area (TPSA) is 112 Å². The minimum atomic E-state index is -0.224. The highest BCUT2D eigenvalue weighted by molar-refractivity contribution is 7.17.